The molecule has 29 heavy (non-hydrogen) atoms. The number of nitrogens with zero attached hydrogens (tertiary/aromatic N) is 2. The van der Waals surface area contributed by atoms with Crippen LogP contribution in [0, 0.1) is 0 Å². The van der Waals surface area contributed by atoms with Crippen molar-refractivity contribution in [2.75, 3.05) is 19.6 Å². The van der Waals surface area contributed by atoms with Crippen LogP contribution in [0.15, 0.2) is 30.3 Å². The summed E-state index contributed by atoms with van der Waals surface area (Å²) in [5.41, 5.74) is -1.05. The third kappa shape index (κ3) is 4.63. The Kier molecular flexibility index (Phi) is 5.47. The Bertz CT molecular complexity index is 791. The van der Waals surface area contributed by atoms with Crippen LogP contribution in [0.25, 0.3) is 0 Å². The number of piperazine rings is 1. The third-order valence-corrected chi connectivity index (χ3v) is 5.37. The molecule has 1 aliphatic heterocycles. The van der Waals surface area contributed by atoms with Gasteiger partial charge in [0.15, 0.2) is 5.54 Å². The van der Waals surface area contributed by atoms with Crippen LogP contribution in [0.1, 0.15) is 45.6 Å². The monoisotopic (exact) mass is 403 g/mol. The molecule has 2 N–H and O–H groups in total. The average Bonchev–Trinajstić information content (AvgIpc) is 3.39. The van der Waals surface area contributed by atoms with E-state index in [0.717, 1.165) is 12.0 Å². The molecule has 3 amide bonds. The molecule has 8 heteroatoms. The maximum absolute atomic E-state index is 12.9. The normalized spacial score (nSPS) is 26.6. The Morgan fingerprint density at radius 3 is 2.41 bits per heavy atom. The Labute approximate surface area is 170 Å². The van der Waals surface area contributed by atoms with Crippen molar-refractivity contribution in [3.8, 4) is 0 Å². The molecule has 3 rings (SSSR count). The summed E-state index contributed by atoms with van der Waals surface area (Å²) in [5.74, 6) is -0.907. The van der Waals surface area contributed by atoms with Gasteiger partial charge in [-0.25, -0.2) is 14.4 Å². The van der Waals surface area contributed by atoms with E-state index in [1.54, 1.807) is 20.8 Å². The highest BCUT2D eigenvalue weighted by Crippen LogP contribution is 2.41. The van der Waals surface area contributed by atoms with Crippen molar-refractivity contribution < 1.29 is 24.2 Å². The Hall–Kier alpha value is -2.77. The highest BCUT2D eigenvalue weighted by molar-refractivity contribution is 5.87. The minimum atomic E-state index is -1.53. The number of hydrogen-bond acceptors (Lipinski definition) is 4. The summed E-state index contributed by atoms with van der Waals surface area (Å²) in [7, 11) is 0. The van der Waals surface area contributed by atoms with Gasteiger partial charge in [0.1, 0.15) is 5.60 Å². The van der Waals surface area contributed by atoms with Crippen LogP contribution in [0.3, 0.4) is 0 Å². The van der Waals surface area contributed by atoms with Crippen LogP contribution in [0.4, 0.5) is 9.59 Å². The van der Waals surface area contributed by atoms with E-state index in [9.17, 15) is 19.5 Å². The van der Waals surface area contributed by atoms with E-state index in [1.165, 1.54) is 16.7 Å². The zero-order chi connectivity index (χ0) is 21.4. The van der Waals surface area contributed by atoms with Crippen LogP contribution >= 0.6 is 0 Å². The Balaban J connectivity index is 1.65. The number of carboxylic acid groups (broad SMARTS) is 1. The minimum Gasteiger partial charge on any atom is -0.479 e. The quantitative estimate of drug-likeness (QED) is 0.808. The average molecular weight is 403 g/mol. The van der Waals surface area contributed by atoms with E-state index >= 15 is 0 Å². The maximum Gasteiger partial charge on any atom is 0.410 e. The summed E-state index contributed by atoms with van der Waals surface area (Å²) in [6.07, 6.45) is 0.258. The fourth-order valence-corrected chi connectivity index (χ4v) is 3.65. The first-order valence-corrected chi connectivity index (χ1v) is 9.86. The number of benzene rings is 1. The van der Waals surface area contributed by atoms with Crippen LogP contribution in [0.2, 0.25) is 0 Å². The van der Waals surface area contributed by atoms with Gasteiger partial charge >= 0.3 is 18.1 Å². The van der Waals surface area contributed by atoms with Gasteiger partial charge in [-0.2, -0.15) is 0 Å². The van der Waals surface area contributed by atoms with E-state index in [2.05, 4.69) is 5.32 Å². The minimum absolute atomic E-state index is 0.00756. The second kappa shape index (κ2) is 7.57. The lowest BCUT2D eigenvalue weighted by molar-refractivity contribution is -0.151. The number of rotatable bonds is 3. The van der Waals surface area contributed by atoms with E-state index in [0.29, 0.717) is 0 Å². The molecule has 2 aliphatic rings. The van der Waals surface area contributed by atoms with Crippen molar-refractivity contribution in [2.45, 2.75) is 57.2 Å². The molecule has 0 radical (unpaired) electrons. The highest BCUT2D eigenvalue weighted by atomic mass is 16.6. The van der Waals surface area contributed by atoms with Crippen LogP contribution in [-0.4, -0.2) is 69.8 Å². The Morgan fingerprint density at radius 1 is 1.17 bits per heavy atom. The molecule has 3 atom stereocenters. The molecule has 0 unspecified atom stereocenters. The maximum atomic E-state index is 12.9. The molecule has 0 aromatic heterocycles. The van der Waals surface area contributed by atoms with Crippen LogP contribution < -0.4 is 5.32 Å². The number of aliphatic carboxylic acids is 1. The van der Waals surface area contributed by atoms with Crippen LogP contribution in [0.5, 0.6) is 0 Å². The smallest absolute Gasteiger partial charge is 0.410 e. The fraction of sp³-hybridized carbons (Fsp3) is 0.571. The number of nitrogens with one attached hydrogen (secondary N) is 1. The van der Waals surface area contributed by atoms with Gasteiger partial charge in [0.05, 0.1) is 6.54 Å². The first-order valence-electron chi connectivity index (χ1n) is 9.86. The zero-order valence-electron chi connectivity index (χ0n) is 17.3. The van der Waals surface area contributed by atoms with Gasteiger partial charge in [-0.3, -0.25) is 0 Å². The van der Waals surface area contributed by atoms with Gasteiger partial charge in [-0.1, -0.05) is 30.3 Å². The summed E-state index contributed by atoms with van der Waals surface area (Å²) >= 11 is 0. The lowest BCUT2D eigenvalue weighted by Crippen LogP contribution is -2.68. The van der Waals surface area contributed by atoms with Crippen LogP contribution in [-0.2, 0) is 9.53 Å². The number of carbonyl (C=O) groups excluding carboxylic acids is 2. The summed E-state index contributed by atoms with van der Waals surface area (Å²) in [6, 6.07) is 9.50. The second-order valence-corrected chi connectivity index (χ2v) is 8.94. The molecule has 158 valence electrons. The molecule has 1 heterocycles. The van der Waals surface area contributed by atoms with Crippen molar-refractivity contribution in [1.29, 1.82) is 0 Å². The Morgan fingerprint density at radius 2 is 1.83 bits per heavy atom. The molecule has 1 saturated heterocycles. The molecule has 0 bridgehead atoms. The van der Waals surface area contributed by atoms with Gasteiger partial charge in [-0.15, -0.1) is 0 Å². The largest absolute Gasteiger partial charge is 0.479 e. The topological polar surface area (TPSA) is 99.2 Å². The molecule has 1 aliphatic carbocycles. The predicted octanol–water partition coefficient (Wildman–Crippen LogP) is 2.65. The van der Waals surface area contributed by atoms with E-state index < -0.39 is 29.2 Å². The summed E-state index contributed by atoms with van der Waals surface area (Å²) in [6.45, 7) is 6.94. The van der Waals surface area contributed by atoms with Gasteiger partial charge in [0.25, 0.3) is 0 Å². The van der Waals surface area contributed by atoms with Gasteiger partial charge < -0.3 is 25.0 Å². The van der Waals surface area contributed by atoms with Crippen molar-refractivity contribution in [3.05, 3.63) is 35.9 Å². The highest BCUT2D eigenvalue weighted by Gasteiger charge is 2.50. The van der Waals surface area contributed by atoms with E-state index in [-0.39, 0.29) is 31.6 Å². The molecule has 2 fully saturated rings. The van der Waals surface area contributed by atoms with Crippen molar-refractivity contribution in [2.24, 2.45) is 0 Å². The SMILES string of the molecule is CC(C)(C)OC(=O)N1CCN(C(=O)N[C@H]2C[C@@H]2c2ccccc2)[C@](C)(C(=O)O)C1. The molecule has 0 spiro atoms. The summed E-state index contributed by atoms with van der Waals surface area (Å²) in [4.78, 5) is 39.9. The molecule has 1 aromatic rings. The molecule has 1 saturated carbocycles. The van der Waals surface area contributed by atoms with Gasteiger partial charge in [-0.05, 0) is 39.7 Å². The number of carboxylic acids is 1. The standard InChI is InChI=1S/C21H29N3O5/c1-20(2,3)29-19(28)23-10-11-24(21(4,13-23)17(25)26)18(27)22-16-12-15(16)14-8-6-5-7-9-14/h5-9,15-16H,10-13H2,1-4H3,(H,22,27)(H,25,26)/t15-,16+,21+/m1/s1. The number of ether oxygens (including phenoxy) is 1. The van der Waals surface area contributed by atoms with Crippen molar-refractivity contribution >= 4 is 18.1 Å². The molecule has 1 aromatic carbocycles. The fourth-order valence-electron chi connectivity index (χ4n) is 3.65. The lowest BCUT2D eigenvalue weighted by atomic mass is 9.97. The molecular weight excluding hydrogens is 374 g/mol. The molecular formula is C21H29N3O5. The summed E-state index contributed by atoms with van der Waals surface area (Å²) < 4.78 is 5.36. The van der Waals surface area contributed by atoms with Crippen molar-refractivity contribution in [1.82, 2.24) is 15.1 Å². The lowest BCUT2D eigenvalue weighted by Gasteiger charge is -2.46. The number of hydrogen-bond donors (Lipinski definition) is 2. The number of urea groups is 1. The zero-order valence-corrected chi connectivity index (χ0v) is 17.3. The van der Waals surface area contributed by atoms with E-state index in [1.807, 2.05) is 30.3 Å². The first-order chi connectivity index (χ1) is 13.5. The van der Waals surface area contributed by atoms with Gasteiger partial charge in [0.2, 0.25) is 0 Å². The number of carbonyl (C=O) groups is 3. The third-order valence-electron chi connectivity index (χ3n) is 5.37. The van der Waals surface area contributed by atoms with Gasteiger partial charge in [0, 0.05) is 25.0 Å². The number of amides is 3. The second-order valence-electron chi connectivity index (χ2n) is 8.94. The first kappa shape index (κ1) is 21.0. The summed E-state index contributed by atoms with van der Waals surface area (Å²) in [5, 5.41) is 12.8. The molecule has 8 nitrogen and oxygen atoms in total. The van der Waals surface area contributed by atoms with Crippen molar-refractivity contribution in [3.63, 3.8) is 0 Å². The van der Waals surface area contributed by atoms with E-state index in [4.69, 9.17) is 4.74 Å². The predicted molar refractivity (Wildman–Crippen MR) is 107 cm³/mol.